The molecule has 6 heteroatoms. The lowest BCUT2D eigenvalue weighted by atomic mass is 9.97. The summed E-state index contributed by atoms with van der Waals surface area (Å²) in [6.07, 6.45) is 4.46. The zero-order valence-electron chi connectivity index (χ0n) is 8.72. The first kappa shape index (κ1) is 11.8. The molecule has 0 aromatic carbocycles. The van der Waals surface area contributed by atoms with Gasteiger partial charge in [0.25, 0.3) is 0 Å². The van der Waals surface area contributed by atoms with Crippen LogP contribution in [0.1, 0.15) is 25.7 Å². The number of hydrogen-bond acceptors (Lipinski definition) is 3. The number of primary amides is 1. The molecule has 15 heavy (non-hydrogen) atoms. The topological polar surface area (TPSA) is 104 Å². The fourth-order valence-electron chi connectivity index (χ4n) is 2.11. The second-order valence-corrected chi connectivity index (χ2v) is 3.83. The fourth-order valence-corrected chi connectivity index (χ4v) is 2.11. The van der Waals surface area contributed by atoms with E-state index in [1.165, 1.54) is 12.8 Å². The van der Waals surface area contributed by atoms with E-state index in [0.717, 1.165) is 12.8 Å². The predicted octanol–water partition coefficient (Wildman–Crippen LogP) is 0.930. The standard InChI is InChI=1S/C9H17N5O/c10-9(15)8(7-3-1-2-4-7)12-5-6-13-14-11/h7-8,12H,1-6H2,(H2,10,15). The van der Waals surface area contributed by atoms with Gasteiger partial charge in [-0.1, -0.05) is 18.0 Å². The molecule has 84 valence electrons. The van der Waals surface area contributed by atoms with E-state index in [0.29, 0.717) is 19.0 Å². The highest BCUT2D eigenvalue weighted by Gasteiger charge is 2.28. The maximum absolute atomic E-state index is 11.2. The van der Waals surface area contributed by atoms with Gasteiger partial charge in [-0.15, -0.1) is 0 Å². The Bertz CT molecular complexity index is 255. The number of nitrogens with two attached hydrogens (primary N) is 1. The van der Waals surface area contributed by atoms with Crippen molar-refractivity contribution in [1.29, 1.82) is 0 Å². The van der Waals surface area contributed by atoms with Crippen LogP contribution in [-0.2, 0) is 4.79 Å². The minimum atomic E-state index is -0.303. The third kappa shape index (κ3) is 3.77. The van der Waals surface area contributed by atoms with E-state index in [9.17, 15) is 4.79 Å². The van der Waals surface area contributed by atoms with Crippen LogP contribution in [0.15, 0.2) is 5.11 Å². The number of carbonyl (C=O) groups excluding carboxylic acids is 1. The lowest BCUT2D eigenvalue weighted by molar-refractivity contribution is -0.121. The summed E-state index contributed by atoms with van der Waals surface area (Å²) in [5.74, 6) is 0.0522. The van der Waals surface area contributed by atoms with Crippen molar-refractivity contribution in [3.05, 3.63) is 10.4 Å². The van der Waals surface area contributed by atoms with Crippen LogP contribution in [0, 0.1) is 5.92 Å². The second-order valence-electron chi connectivity index (χ2n) is 3.83. The first-order chi connectivity index (χ1) is 7.25. The van der Waals surface area contributed by atoms with Crippen LogP contribution >= 0.6 is 0 Å². The first-order valence-electron chi connectivity index (χ1n) is 5.29. The highest BCUT2D eigenvalue weighted by molar-refractivity contribution is 5.80. The molecule has 1 aliphatic rings. The summed E-state index contributed by atoms with van der Waals surface area (Å²) in [7, 11) is 0. The van der Waals surface area contributed by atoms with E-state index in [1.54, 1.807) is 0 Å². The van der Waals surface area contributed by atoms with Gasteiger partial charge in [-0.25, -0.2) is 0 Å². The van der Waals surface area contributed by atoms with Crippen LogP contribution in [0.2, 0.25) is 0 Å². The summed E-state index contributed by atoms with van der Waals surface area (Å²) in [4.78, 5) is 13.9. The molecule has 1 saturated carbocycles. The van der Waals surface area contributed by atoms with Crippen molar-refractivity contribution in [2.24, 2.45) is 16.8 Å². The van der Waals surface area contributed by atoms with E-state index in [4.69, 9.17) is 11.3 Å². The van der Waals surface area contributed by atoms with Gasteiger partial charge in [0.15, 0.2) is 0 Å². The minimum Gasteiger partial charge on any atom is -0.368 e. The van der Waals surface area contributed by atoms with Gasteiger partial charge in [0.2, 0.25) is 5.91 Å². The van der Waals surface area contributed by atoms with Gasteiger partial charge in [0, 0.05) is 18.0 Å². The predicted molar refractivity (Wildman–Crippen MR) is 57.0 cm³/mol. The molecule has 6 nitrogen and oxygen atoms in total. The zero-order chi connectivity index (χ0) is 11.1. The van der Waals surface area contributed by atoms with Crippen molar-refractivity contribution in [2.75, 3.05) is 13.1 Å². The summed E-state index contributed by atoms with van der Waals surface area (Å²) in [6.45, 7) is 0.862. The fraction of sp³-hybridized carbons (Fsp3) is 0.889. The first-order valence-corrected chi connectivity index (χ1v) is 5.29. The number of azide groups is 1. The number of carbonyl (C=O) groups is 1. The number of hydrogen-bond donors (Lipinski definition) is 2. The minimum absolute atomic E-state index is 0.263. The van der Waals surface area contributed by atoms with Crippen LogP contribution in [0.25, 0.3) is 10.4 Å². The number of rotatable bonds is 6. The molecule has 0 bridgehead atoms. The molecule has 0 aliphatic heterocycles. The molecule has 1 atom stereocenters. The number of amides is 1. The molecule has 1 unspecified atom stereocenters. The SMILES string of the molecule is [N-]=[N+]=NCCNC(C(N)=O)C1CCCC1. The van der Waals surface area contributed by atoms with Crippen molar-refractivity contribution in [3.63, 3.8) is 0 Å². The van der Waals surface area contributed by atoms with E-state index >= 15 is 0 Å². The average molecular weight is 211 g/mol. The van der Waals surface area contributed by atoms with E-state index in [1.807, 2.05) is 0 Å². The van der Waals surface area contributed by atoms with Gasteiger partial charge in [0.05, 0.1) is 6.04 Å². The number of nitrogens with one attached hydrogen (secondary N) is 1. The van der Waals surface area contributed by atoms with E-state index in [2.05, 4.69) is 15.3 Å². The van der Waals surface area contributed by atoms with Gasteiger partial charge >= 0.3 is 0 Å². The Hall–Kier alpha value is -1.26. The molecule has 1 rings (SSSR count). The normalized spacial score (nSPS) is 18.4. The van der Waals surface area contributed by atoms with Crippen LogP contribution < -0.4 is 11.1 Å². The maximum Gasteiger partial charge on any atom is 0.234 e. The Morgan fingerprint density at radius 3 is 2.80 bits per heavy atom. The molecule has 0 aromatic rings. The molecule has 0 saturated heterocycles. The molecule has 1 fully saturated rings. The Labute approximate surface area is 88.8 Å². The summed E-state index contributed by atoms with van der Waals surface area (Å²) in [6, 6.07) is -0.263. The van der Waals surface area contributed by atoms with Crippen LogP contribution in [-0.4, -0.2) is 25.0 Å². The van der Waals surface area contributed by atoms with Crippen LogP contribution in [0.4, 0.5) is 0 Å². The Morgan fingerprint density at radius 2 is 2.27 bits per heavy atom. The van der Waals surface area contributed by atoms with E-state index < -0.39 is 0 Å². The summed E-state index contributed by atoms with van der Waals surface area (Å²) >= 11 is 0. The monoisotopic (exact) mass is 211 g/mol. The average Bonchev–Trinajstić information content (AvgIpc) is 2.70. The summed E-state index contributed by atoms with van der Waals surface area (Å²) < 4.78 is 0. The summed E-state index contributed by atoms with van der Waals surface area (Å²) in [5, 5.41) is 6.45. The third-order valence-corrected chi connectivity index (χ3v) is 2.82. The van der Waals surface area contributed by atoms with Gasteiger partial charge < -0.3 is 11.1 Å². The van der Waals surface area contributed by atoms with Crippen LogP contribution in [0.3, 0.4) is 0 Å². The Morgan fingerprint density at radius 1 is 1.60 bits per heavy atom. The molecule has 0 spiro atoms. The van der Waals surface area contributed by atoms with Crippen molar-refractivity contribution in [3.8, 4) is 0 Å². The van der Waals surface area contributed by atoms with Crippen molar-refractivity contribution in [1.82, 2.24) is 5.32 Å². The molecule has 0 radical (unpaired) electrons. The molecule has 3 N–H and O–H groups in total. The third-order valence-electron chi connectivity index (χ3n) is 2.82. The van der Waals surface area contributed by atoms with Gasteiger partial charge in [-0.05, 0) is 24.3 Å². The largest absolute Gasteiger partial charge is 0.368 e. The van der Waals surface area contributed by atoms with Crippen molar-refractivity contribution >= 4 is 5.91 Å². The molecule has 0 aromatic heterocycles. The van der Waals surface area contributed by atoms with Crippen LogP contribution in [0.5, 0.6) is 0 Å². The second kappa shape index (κ2) is 6.27. The van der Waals surface area contributed by atoms with Crippen molar-refractivity contribution in [2.45, 2.75) is 31.7 Å². The molecule has 0 heterocycles. The lowest BCUT2D eigenvalue weighted by Gasteiger charge is -2.21. The lowest BCUT2D eigenvalue weighted by Crippen LogP contribution is -2.46. The molecule has 1 aliphatic carbocycles. The van der Waals surface area contributed by atoms with Gasteiger partial charge in [-0.3, -0.25) is 4.79 Å². The maximum atomic E-state index is 11.2. The molecular formula is C9H17N5O. The van der Waals surface area contributed by atoms with Crippen molar-refractivity contribution < 1.29 is 4.79 Å². The summed E-state index contributed by atoms with van der Waals surface area (Å²) in [5.41, 5.74) is 13.4. The Kier molecular flexibility index (Phi) is 4.93. The quantitative estimate of drug-likeness (QED) is 0.295. The van der Waals surface area contributed by atoms with Gasteiger partial charge in [0.1, 0.15) is 0 Å². The Balaban J connectivity index is 2.36. The zero-order valence-corrected chi connectivity index (χ0v) is 8.72. The molecule has 1 amide bonds. The van der Waals surface area contributed by atoms with E-state index in [-0.39, 0.29) is 11.9 Å². The number of nitrogens with zero attached hydrogens (tertiary/aromatic N) is 3. The van der Waals surface area contributed by atoms with Gasteiger partial charge in [-0.2, -0.15) is 0 Å². The smallest absolute Gasteiger partial charge is 0.234 e. The highest BCUT2D eigenvalue weighted by atomic mass is 16.1. The molecular weight excluding hydrogens is 194 g/mol. The highest BCUT2D eigenvalue weighted by Crippen LogP contribution is 2.27.